The van der Waals surface area contributed by atoms with Crippen LogP contribution in [0.3, 0.4) is 0 Å². The number of aryl methyl sites for hydroxylation is 1. The first-order valence-corrected chi connectivity index (χ1v) is 8.35. The number of carbonyl (C=O) groups excluding carboxylic acids is 1. The summed E-state index contributed by atoms with van der Waals surface area (Å²) in [5.41, 5.74) is 2.59. The van der Waals surface area contributed by atoms with Crippen molar-refractivity contribution in [1.29, 1.82) is 0 Å². The second-order valence-corrected chi connectivity index (χ2v) is 6.02. The van der Waals surface area contributed by atoms with Gasteiger partial charge in [0.05, 0.1) is 6.61 Å². The molecular weight excluding hydrogens is 260 g/mol. The second kappa shape index (κ2) is 9.59. The van der Waals surface area contributed by atoms with Crippen LogP contribution in [0.25, 0.3) is 0 Å². The van der Waals surface area contributed by atoms with Crippen molar-refractivity contribution < 1.29 is 9.53 Å². The minimum atomic E-state index is 0.393. The number of ketones is 1. The van der Waals surface area contributed by atoms with Gasteiger partial charge >= 0.3 is 0 Å². The van der Waals surface area contributed by atoms with E-state index in [1.54, 1.807) is 0 Å². The maximum Gasteiger partial charge on any atom is 0.132 e. The van der Waals surface area contributed by atoms with Crippen LogP contribution in [0.4, 0.5) is 0 Å². The number of rotatable bonds is 10. The molecule has 0 aliphatic rings. The third-order valence-electron chi connectivity index (χ3n) is 3.61. The summed E-state index contributed by atoms with van der Waals surface area (Å²) >= 11 is 0. The SMILES string of the molecule is CCCOc1ccc(CCCC(=O)CCC)cc1C(C)C. The highest BCUT2D eigenvalue weighted by molar-refractivity contribution is 5.78. The molecule has 0 unspecified atom stereocenters. The quantitative estimate of drug-likeness (QED) is 0.585. The molecule has 2 heteroatoms. The van der Waals surface area contributed by atoms with Crippen LogP contribution in [0, 0.1) is 0 Å². The summed E-state index contributed by atoms with van der Waals surface area (Å²) in [6.07, 6.45) is 5.34. The third-order valence-corrected chi connectivity index (χ3v) is 3.61. The first kappa shape index (κ1) is 17.7. The van der Waals surface area contributed by atoms with Crippen molar-refractivity contribution in [3.05, 3.63) is 29.3 Å². The van der Waals surface area contributed by atoms with E-state index in [1.165, 1.54) is 11.1 Å². The number of ether oxygens (including phenoxy) is 1. The molecule has 0 atom stereocenters. The van der Waals surface area contributed by atoms with Gasteiger partial charge in [-0.05, 0) is 48.8 Å². The van der Waals surface area contributed by atoms with Gasteiger partial charge in [0.2, 0.25) is 0 Å². The van der Waals surface area contributed by atoms with E-state index >= 15 is 0 Å². The normalized spacial score (nSPS) is 10.9. The highest BCUT2D eigenvalue weighted by Crippen LogP contribution is 2.28. The maximum absolute atomic E-state index is 11.6. The van der Waals surface area contributed by atoms with Crippen LogP contribution in [-0.2, 0) is 11.2 Å². The topological polar surface area (TPSA) is 26.3 Å². The van der Waals surface area contributed by atoms with E-state index < -0.39 is 0 Å². The first-order valence-electron chi connectivity index (χ1n) is 8.35. The van der Waals surface area contributed by atoms with Crippen LogP contribution in [0.15, 0.2) is 18.2 Å². The Morgan fingerprint density at radius 1 is 1.14 bits per heavy atom. The van der Waals surface area contributed by atoms with Crippen molar-refractivity contribution in [3.8, 4) is 5.75 Å². The Morgan fingerprint density at radius 2 is 1.90 bits per heavy atom. The fourth-order valence-corrected chi connectivity index (χ4v) is 2.44. The summed E-state index contributed by atoms with van der Waals surface area (Å²) in [5.74, 6) is 1.86. The average molecular weight is 290 g/mol. The highest BCUT2D eigenvalue weighted by atomic mass is 16.5. The Balaban J connectivity index is 2.63. The summed E-state index contributed by atoms with van der Waals surface area (Å²) in [6.45, 7) is 9.34. The molecule has 0 radical (unpaired) electrons. The number of hydrogen-bond acceptors (Lipinski definition) is 2. The van der Waals surface area contributed by atoms with Gasteiger partial charge in [0.1, 0.15) is 11.5 Å². The van der Waals surface area contributed by atoms with Crippen LogP contribution < -0.4 is 4.74 Å². The molecule has 118 valence electrons. The van der Waals surface area contributed by atoms with E-state index in [2.05, 4.69) is 45.9 Å². The van der Waals surface area contributed by atoms with E-state index in [4.69, 9.17) is 4.74 Å². The van der Waals surface area contributed by atoms with Gasteiger partial charge < -0.3 is 4.74 Å². The molecule has 0 N–H and O–H groups in total. The van der Waals surface area contributed by atoms with Crippen molar-refractivity contribution in [2.75, 3.05) is 6.61 Å². The largest absolute Gasteiger partial charge is 0.493 e. The minimum Gasteiger partial charge on any atom is -0.493 e. The average Bonchev–Trinajstić information content (AvgIpc) is 2.46. The molecule has 0 aromatic heterocycles. The molecule has 0 amide bonds. The monoisotopic (exact) mass is 290 g/mol. The lowest BCUT2D eigenvalue weighted by molar-refractivity contribution is -0.119. The Morgan fingerprint density at radius 3 is 2.52 bits per heavy atom. The zero-order chi connectivity index (χ0) is 15.7. The van der Waals surface area contributed by atoms with Crippen molar-refractivity contribution in [2.24, 2.45) is 0 Å². The Labute approximate surface area is 129 Å². The summed E-state index contributed by atoms with van der Waals surface area (Å²) in [5, 5.41) is 0. The molecule has 1 aromatic rings. The van der Waals surface area contributed by atoms with Gasteiger partial charge in [-0.3, -0.25) is 4.79 Å². The Kier molecular flexibility index (Phi) is 8.11. The van der Waals surface area contributed by atoms with Crippen molar-refractivity contribution in [3.63, 3.8) is 0 Å². The molecular formula is C19H30O2. The number of hydrogen-bond donors (Lipinski definition) is 0. The van der Waals surface area contributed by atoms with E-state index in [-0.39, 0.29) is 0 Å². The summed E-state index contributed by atoms with van der Waals surface area (Å²) < 4.78 is 5.82. The number of carbonyl (C=O) groups is 1. The molecule has 1 rings (SSSR count). The zero-order valence-electron chi connectivity index (χ0n) is 14.1. The van der Waals surface area contributed by atoms with Crippen molar-refractivity contribution in [2.45, 2.75) is 72.1 Å². The number of Topliss-reactive ketones (excluding diaryl/α,β-unsaturated/α-hetero) is 1. The lowest BCUT2D eigenvalue weighted by atomic mass is 9.97. The molecule has 0 aliphatic heterocycles. The molecule has 1 aromatic carbocycles. The fourth-order valence-electron chi connectivity index (χ4n) is 2.44. The second-order valence-electron chi connectivity index (χ2n) is 6.02. The molecule has 0 heterocycles. The van der Waals surface area contributed by atoms with Crippen LogP contribution in [0.2, 0.25) is 0 Å². The van der Waals surface area contributed by atoms with Gasteiger partial charge in [0.25, 0.3) is 0 Å². The maximum atomic E-state index is 11.6. The molecule has 21 heavy (non-hydrogen) atoms. The molecule has 0 bridgehead atoms. The van der Waals surface area contributed by atoms with Crippen LogP contribution in [0.5, 0.6) is 5.75 Å². The summed E-state index contributed by atoms with van der Waals surface area (Å²) in [7, 11) is 0. The summed E-state index contributed by atoms with van der Waals surface area (Å²) in [4.78, 5) is 11.6. The van der Waals surface area contributed by atoms with Gasteiger partial charge in [-0.25, -0.2) is 0 Å². The predicted octanol–water partition coefficient (Wildman–Crippen LogP) is 5.29. The zero-order valence-corrected chi connectivity index (χ0v) is 14.1. The lowest BCUT2D eigenvalue weighted by Gasteiger charge is -2.15. The van der Waals surface area contributed by atoms with Crippen LogP contribution in [-0.4, -0.2) is 12.4 Å². The molecule has 0 spiro atoms. The van der Waals surface area contributed by atoms with Crippen molar-refractivity contribution >= 4 is 5.78 Å². The van der Waals surface area contributed by atoms with Gasteiger partial charge in [0, 0.05) is 12.8 Å². The van der Waals surface area contributed by atoms with Gasteiger partial charge in [-0.1, -0.05) is 39.8 Å². The smallest absolute Gasteiger partial charge is 0.132 e. The van der Waals surface area contributed by atoms with E-state index in [0.717, 1.165) is 44.5 Å². The van der Waals surface area contributed by atoms with E-state index in [1.807, 2.05) is 0 Å². The van der Waals surface area contributed by atoms with Gasteiger partial charge in [0.15, 0.2) is 0 Å². The molecule has 0 fully saturated rings. The standard InChI is InChI=1S/C19H30O2/c1-5-8-17(20)10-7-9-16-11-12-19(21-13-6-2)18(14-16)15(3)4/h11-12,14-15H,5-10,13H2,1-4H3. The fraction of sp³-hybridized carbons (Fsp3) is 0.632. The minimum absolute atomic E-state index is 0.393. The lowest BCUT2D eigenvalue weighted by Crippen LogP contribution is -2.02. The van der Waals surface area contributed by atoms with Crippen LogP contribution in [0.1, 0.15) is 76.8 Å². The number of benzene rings is 1. The first-order chi connectivity index (χ1) is 10.1. The highest BCUT2D eigenvalue weighted by Gasteiger charge is 2.09. The molecule has 0 saturated heterocycles. The van der Waals surface area contributed by atoms with Crippen LogP contribution >= 0.6 is 0 Å². The van der Waals surface area contributed by atoms with Gasteiger partial charge in [-0.2, -0.15) is 0 Å². The van der Waals surface area contributed by atoms with E-state index in [9.17, 15) is 4.79 Å². The summed E-state index contributed by atoms with van der Waals surface area (Å²) in [6, 6.07) is 6.48. The molecule has 2 nitrogen and oxygen atoms in total. The molecule has 0 saturated carbocycles. The Hall–Kier alpha value is -1.31. The third kappa shape index (κ3) is 6.33. The Bertz CT molecular complexity index is 435. The predicted molar refractivity (Wildman–Crippen MR) is 89.2 cm³/mol. The molecule has 0 aliphatic carbocycles. The van der Waals surface area contributed by atoms with Crippen molar-refractivity contribution in [1.82, 2.24) is 0 Å². The van der Waals surface area contributed by atoms with Gasteiger partial charge in [-0.15, -0.1) is 0 Å². The van der Waals surface area contributed by atoms with E-state index in [0.29, 0.717) is 18.1 Å².